The van der Waals surface area contributed by atoms with Crippen LogP contribution in [-0.4, -0.2) is 27.9 Å². The van der Waals surface area contributed by atoms with Crippen LogP contribution in [0.15, 0.2) is 54.2 Å². The predicted octanol–water partition coefficient (Wildman–Crippen LogP) is 2.34. The number of sulfonamides is 1. The first-order valence-electron chi connectivity index (χ1n) is 8.07. The van der Waals surface area contributed by atoms with Crippen molar-refractivity contribution in [2.24, 2.45) is 0 Å². The normalized spacial score (nSPS) is 14.1. The predicted molar refractivity (Wildman–Crippen MR) is 93.0 cm³/mol. The zero-order valence-electron chi connectivity index (χ0n) is 13.5. The summed E-state index contributed by atoms with van der Waals surface area (Å²) >= 11 is 0. The Morgan fingerprint density at radius 2 is 1.88 bits per heavy atom. The van der Waals surface area contributed by atoms with Gasteiger partial charge in [-0.1, -0.05) is 6.07 Å². The van der Waals surface area contributed by atoms with Crippen LogP contribution < -0.4 is 4.72 Å². The molecule has 0 bridgehead atoms. The first kappa shape index (κ1) is 15.8. The summed E-state index contributed by atoms with van der Waals surface area (Å²) in [6.45, 7) is 0. The van der Waals surface area contributed by atoms with Crippen molar-refractivity contribution in [1.29, 1.82) is 0 Å². The number of imidazole rings is 1. The fraction of sp³-hybridized carbons (Fsp3) is 0.235. The van der Waals surface area contributed by atoms with E-state index in [1.807, 2.05) is 6.07 Å². The number of aromatic nitrogens is 4. The second-order valence-corrected chi connectivity index (χ2v) is 7.66. The molecule has 0 radical (unpaired) electrons. The number of aryl methyl sites for hydroxylation is 2. The lowest BCUT2D eigenvalue weighted by Gasteiger charge is -2.17. The fourth-order valence-electron chi connectivity index (χ4n) is 3.01. The standard InChI is InChI=1S/C17H17N5O2S/c23-25(24,15-6-5-13-3-1-2-4-14(13)9-15)21-16-10-17(20-11-19-16)22-8-7-18-12-22/h5-12H,1-4H2,(H,19,20,21). The molecular weight excluding hydrogens is 338 g/mol. The van der Waals surface area contributed by atoms with Gasteiger partial charge in [0, 0.05) is 18.5 Å². The van der Waals surface area contributed by atoms with Gasteiger partial charge in [-0.3, -0.25) is 9.29 Å². The number of nitrogens with zero attached hydrogens (tertiary/aromatic N) is 4. The Balaban J connectivity index is 1.62. The van der Waals surface area contributed by atoms with E-state index in [1.165, 1.54) is 11.9 Å². The fourth-order valence-corrected chi connectivity index (χ4v) is 4.06. The van der Waals surface area contributed by atoms with E-state index in [9.17, 15) is 8.42 Å². The molecular formula is C17H17N5O2S. The van der Waals surface area contributed by atoms with Crippen molar-refractivity contribution in [2.75, 3.05) is 4.72 Å². The minimum absolute atomic E-state index is 0.219. The van der Waals surface area contributed by atoms with Crippen molar-refractivity contribution < 1.29 is 8.42 Å². The van der Waals surface area contributed by atoms with E-state index in [0.29, 0.717) is 5.82 Å². The Morgan fingerprint density at radius 3 is 2.68 bits per heavy atom. The third-order valence-electron chi connectivity index (χ3n) is 4.29. The van der Waals surface area contributed by atoms with Crippen molar-refractivity contribution in [2.45, 2.75) is 30.6 Å². The maximum Gasteiger partial charge on any atom is 0.263 e. The molecule has 2 heterocycles. The van der Waals surface area contributed by atoms with Crippen LogP contribution in [0.3, 0.4) is 0 Å². The van der Waals surface area contributed by atoms with E-state index in [-0.39, 0.29) is 10.7 Å². The second-order valence-electron chi connectivity index (χ2n) is 5.97. The van der Waals surface area contributed by atoms with Gasteiger partial charge in [0.25, 0.3) is 10.0 Å². The van der Waals surface area contributed by atoms with Crippen LogP contribution in [0.1, 0.15) is 24.0 Å². The zero-order chi connectivity index (χ0) is 17.3. The molecule has 1 aliphatic carbocycles. The molecule has 1 aromatic carbocycles. The number of hydrogen-bond acceptors (Lipinski definition) is 5. The molecule has 1 N–H and O–H groups in total. The average molecular weight is 355 g/mol. The van der Waals surface area contributed by atoms with Crippen LogP contribution >= 0.6 is 0 Å². The maximum atomic E-state index is 12.7. The lowest BCUT2D eigenvalue weighted by Crippen LogP contribution is -2.15. The monoisotopic (exact) mass is 355 g/mol. The highest BCUT2D eigenvalue weighted by molar-refractivity contribution is 7.92. The molecule has 25 heavy (non-hydrogen) atoms. The summed E-state index contributed by atoms with van der Waals surface area (Å²) in [4.78, 5) is 12.3. The average Bonchev–Trinajstić information content (AvgIpc) is 3.16. The van der Waals surface area contributed by atoms with Gasteiger partial charge in [0.1, 0.15) is 24.3 Å². The molecule has 7 nitrogen and oxygen atoms in total. The molecule has 0 atom stereocenters. The molecule has 8 heteroatoms. The smallest absolute Gasteiger partial charge is 0.263 e. The molecule has 1 aliphatic rings. The number of fused-ring (bicyclic) bond motifs is 1. The van der Waals surface area contributed by atoms with Crippen LogP contribution in [0.4, 0.5) is 5.82 Å². The van der Waals surface area contributed by atoms with E-state index in [0.717, 1.165) is 31.2 Å². The first-order chi connectivity index (χ1) is 12.1. The minimum Gasteiger partial charge on any atom is -0.290 e. The highest BCUT2D eigenvalue weighted by Crippen LogP contribution is 2.25. The van der Waals surface area contributed by atoms with Gasteiger partial charge in [-0.25, -0.2) is 23.4 Å². The third kappa shape index (κ3) is 3.25. The maximum absolute atomic E-state index is 12.7. The van der Waals surface area contributed by atoms with Crippen LogP contribution in [0.5, 0.6) is 0 Å². The van der Waals surface area contributed by atoms with Gasteiger partial charge < -0.3 is 0 Å². The largest absolute Gasteiger partial charge is 0.290 e. The minimum atomic E-state index is -3.70. The van der Waals surface area contributed by atoms with Crippen molar-refractivity contribution in [1.82, 2.24) is 19.5 Å². The molecule has 0 saturated heterocycles. The zero-order valence-corrected chi connectivity index (χ0v) is 14.3. The Labute approximate surface area is 145 Å². The molecule has 0 amide bonds. The van der Waals surface area contributed by atoms with Crippen LogP contribution in [0, 0.1) is 0 Å². The van der Waals surface area contributed by atoms with Gasteiger partial charge >= 0.3 is 0 Å². The molecule has 0 fully saturated rings. The van der Waals surface area contributed by atoms with Gasteiger partial charge in [-0.15, -0.1) is 0 Å². The van der Waals surface area contributed by atoms with Gasteiger partial charge in [0.15, 0.2) is 0 Å². The number of anilines is 1. The molecule has 2 aromatic heterocycles. The van der Waals surface area contributed by atoms with E-state index >= 15 is 0 Å². The third-order valence-corrected chi connectivity index (χ3v) is 5.64. The van der Waals surface area contributed by atoms with Crippen molar-refractivity contribution in [3.8, 4) is 5.82 Å². The van der Waals surface area contributed by atoms with Gasteiger partial charge in [-0.05, 0) is 48.9 Å². The summed E-state index contributed by atoms with van der Waals surface area (Å²) in [6, 6.07) is 6.91. The highest BCUT2D eigenvalue weighted by atomic mass is 32.2. The summed E-state index contributed by atoms with van der Waals surface area (Å²) in [5, 5.41) is 0. The second kappa shape index (κ2) is 6.29. The van der Waals surface area contributed by atoms with E-state index < -0.39 is 10.0 Å². The van der Waals surface area contributed by atoms with Gasteiger partial charge in [-0.2, -0.15) is 0 Å². The number of benzene rings is 1. The highest BCUT2D eigenvalue weighted by Gasteiger charge is 2.18. The summed E-state index contributed by atoms with van der Waals surface area (Å²) in [7, 11) is -3.70. The number of rotatable bonds is 4. The van der Waals surface area contributed by atoms with Crippen molar-refractivity contribution in [3.63, 3.8) is 0 Å². The molecule has 3 aromatic rings. The molecule has 128 valence electrons. The number of nitrogens with one attached hydrogen (secondary N) is 1. The first-order valence-corrected chi connectivity index (χ1v) is 9.55. The Bertz CT molecular complexity index is 1000. The summed E-state index contributed by atoms with van der Waals surface area (Å²) in [5.41, 5.74) is 2.37. The molecule has 4 rings (SSSR count). The van der Waals surface area contributed by atoms with E-state index in [2.05, 4.69) is 19.7 Å². The van der Waals surface area contributed by atoms with Gasteiger partial charge in [0.05, 0.1) is 4.90 Å². The molecule has 0 aliphatic heterocycles. The van der Waals surface area contributed by atoms with Crippen LogP contribution in [0.2, 0.25) is 0 Å². The summed E-state index contributed by atoms with van der Waals surface area (Å²) in [6.07, 6.45) is 10.5. The summed E-state index contributed by atoms with van der Waals surface area (Å²) < 4.78 is 29.6. The lowest BCUT2D eigenvalue weighted by atomic mass is 9.92. The van der Waals surface area contributed by atoms with E-state index in [1.54, 1.807) is 41.5 Å². The van der Waals surface area contributed by atoms with Crippen LogP contribution in [0.25, 0.3) is 5.82 Å². The van der Waals surface area contributed by atoms with Crippen molar-refractivity contribution in [3.05, 3.63) is 60.4 Å². The quantitative estimate of drug-likeness (QED) is 0.776. The van der Waals surface area contributed by atoms with Gasteiger partial charge in [0.2, 0.25) is 0 Å². The van der Waals surface area contributed by atoms with E-state index in [4.69, 9.17) is 0 Å². The number of hydrogen-bond donors (Lipinski definition) is 1. The Kier molecular flexibility index (Phi) is 3.96. The topological polar surface area (TPSA) is 89.8 Å². The molecule has 0 unspecified atom stereocenters. The Hall–Kier alpha value is -2.74. The lowest BCUT2D eigenvalue weighted by molar-refractivity contribution is 0.600. The SMILES string of the molecule is O=S(=O)(Nc1cc(-n2ccnc2)ncn1)c1ccc2c(c1)CCCC2. The summed E-state index contributed by atoms with van der Waals surface area (Å²) in [5.74, 6) is 0.757. The van der Waals surface area contributed by atoms with Crippen molar-refractivity contribution >= 4 is 15.8 Å². The molecule has 0 saturated carbocycles. The molecule has 0 spiro atoms. The van der Waals surface area contributed by atoms with Crippen LogP contribution in [-0.2, 0) is 22.9 Å². The Morgan fingerprint density at radius 1 is 1.04 bits per heavy atom.